The van der Waals surface area contributed by atoms with Crippen LogP contribution in [-0.2, 0) is 0 Å². The summed E-state index contributed by atoms with van der Waals surface area (Å²) in [4.78, 5) is 20.2. The molecule has 0 saturated heterocycles. The lowest BCUT2D eigenvalue weighted by Crippen LogP contribution is -2.11. The Kier molecular flexibility index (Phi) is 3.47. The minimum absolute atomic E-state index is 0.416. The molecule has 2 aromatic rings. The van der Waals surface area contributed by atoms with E-state index in [9.17, 15) is 4.79 Å². The molecule has 0 aliphatic rings. The molecule has 0 bridgehead atoms. The normalized spacial score (nSPS) is 10.3. The van der Waals surface area contributed by atoms with Gasteiger partial charge in [0.1, 0.15) is 0 Å². The molecule has 0 aliphatic heterocycles. The maximum atomic E-state index is 11.1. The summed E-state index contributed by atoms with van der Waals surface area (Å²) in [5.41, 5.74) is 13.0. The second kappa shape index (κ2) is 5.05. The summed E-state index contributed by atoms with van der Waals surface area (Å²) >= 11 is 1.30. The number of hydrogen-bond acceptors (Lipinski definition) is 5. The summed E-state index contributed by atoms with van der Waals surface area (Å²) in [6, 6.07) is 4.89. The fraction of sp³-hybridized carbons (Fsp3) is 0.0833. The standard InChI is InChI=1S/C12H12N4OS/c1-7-5-15-12(16-6-7)18-10-4-8(11(14)17)2-3-9(10)13/h2-6H,13H2,1H3,(H2,14,17). The summed E-state index contributed by atoms with van der Waals surface area (Å²) < 4.78 is 0. The van der Waals surface area contributed by atoms with Crippen molar-refractivity contribution in [1.82, 2.24) is 9.97 Å². The number of anilines is 1. The quantitative estimate of drug-likeness (QED) is 0.646. The fourth-order valence-corrected chi connectivity index (χ4v) is 2.09. The third-order valence-electron chi connectivity index (χ3n) is 2.26. The number of amides is 1. The number of nitrogens with zero attached hydrogens (tertiary/aromatic N) is 2. The maximum Gasteiger partial charge on any atom is 0.248 e. The van der Waals surface area contributed by atoms with E-state index in [0.29, 0.717) is 16.4 Å². The Morgan fingerprint density at radius 1 is 1.28 bits per heavy atom. The highest BCUT2D eigenvalue weighted by Gasteiger charge is 2.08. The van der Waals surface area contributed by atoms with E-state index in [4.69, 9.17) is 11.5 Å². The van der Waals surface area contributed by atoms with Crippen LogP contribution in [0.4, 0.5) is 5.69 Å². The SMILES string of the molecule is Cc1cnc(Sc2cc(C(N)=O)ccc2N)nc1. The first-order valence-corrected chi connectivity index (χ1v) is 6.04. The first-order valence-electron chi connectivity index (χ1n) is 5.22. The Labute approximate surface area is 109 Å². The van der Waals surface area contributed by atoms with Gasteiger partial charge in [0.2, 0.25) is 5.91 Å². The highest BCUT2D eigenvalue weighted by atomic mass is 32.2. The van der Waals surface area contributed by atoms with Gasteiger partial charge in [-0.05, 0) is 42.4 Å². The van der Waals surface area contributed by atoms with Crippen molar-refractivity contribution in [2.75, 3.05) is 5.73 Å². The summed E-state index contributed by atoms with van der Waals surface area (Å²) in [6.07, 6.45) is 3.45. The number of carbonyl (C=O) groups is 1. The Morgan fingerprint density at radius 2 is 1.94 bits per heavy atom. The van der Waals surface area contributed by atoms with Crippen LogP contribution in [-0.4, -0.2) is 15.9 Å². The number of nitrogen functional groups attached to an aromatic ring is 1. The van der Waals surface area contributed by atoms with E-state index in [1.165, 1.54) is 11.8 Å². The predicted molar refractivity (Wildman–Crippen MR) is 70.3 cm³/mol. The molecule has 0 radical (unpaired) electrons. The third-order valence-corrected chi connectivity index (χ3v) is 3.22. The van der Waals surface area contributed by atoms with Gasteiger partial charge in [-0.3, -0.25) is 4.79 Å². The lowest BCUT2D eigenvalue weighted by molar-refractivity contribution is 0.1000. The van der Waals surface area contributed by atoms with Crippen LogP contribution < -0.4 is 11.5 Å². The van der Waals surface area contributed by atoms with Crippen LogP contribution in [0.15, 0.2) is 40.6 Å². The van der Waals surface area contributed by atoms with Gasteiger partial charge in [0, 0.05) is 28.5 Å². The van der Waals surface area contributed by atoms with Crippen molar-refractivity contribution in [1.29, 1.82) is 0 Å². The van der Waals surface area contributed by atoms with Gasteiger partial charge in [0.05, 0.1) is 0 Å². The summed E-state index contributed by atoms with van der Waals surface area (Å²) in [7, 11) is 0. The molecule has 2 rings (SSSR count). The molecule has 0 saturated carbocycles. The molecular formula is C12H12N4OS. The van der Waals surface area contributed by atoms with Crippen LogP contribution in [0.5, 0.6) is 0 Å². The highest BCUT2D eigenvalue weighted by molar-refractivity contribution is 7.99. The van der Waals surface area contributed by atoms with E-state index in [1.54, 1.807) is 30.6 Å². The molecule has 0 fully saturated rings. The van der Waals surface area contributed by atoms with Crippen molar-refractivity contribution in [3.63, 3.8) is 0 Å². The van der Waals surface area contributed by atoms with Gasteiger partial charge < -0.3 is 11.5 Å². The number of primary amides is 1. The minimum Gasteiger partial charge on any atom is -0.398 e. The molecule has 92 valence electrons. The Hall–Kier alpha value is -2.08. The van der Waals surface area contributed by atoms with Crippen molar-refractivity contribution < 1.29 is 4.79 Å². The Morgan fingerprint density at radius 3 is 2.56 bits per heavy atom. The Balaban J connectivity index is 2.30. The lowest BCUT2D eigenvalue weighted by atomic mass is 10.2. The van der Waals surface area contributed by atoms with E-state index in [-0.39, 0.29) is 0 Å². The number of aryl methyl sites for hydroxylation is 1. The topological polar surface area (TPSA) is 94.9 Å². The van der Waals surface area contributed by atoms with Crippen LogP contribution >= 0.6 is 11.8 Å². The van der Waals surface area contributed by atoms with Crippen molar-refractivity contribution >= 4 is 23.4 Å². The van der Waals surface area contributed by atoms with Crippen LogP contribution in [0.2, 0.25) is 0 Å². The van der Waals surface area contributed by atoms with E-state index >= 15 is 0 Å². The minimum atomic E-state index is -0.485. The third kappa shape index (κ3) is 2.78. The molecule has 4 N–H and O–H groups in total. The van der Waals surface area contributed by atoms with Crippen LogP contribution in [0.25, 0.3) is 0 Å². The van der Waals surface area contributed by atoms with Crippen molar-refractivity contribution in [3.8, 4) is 0 Å². The van der Waals surface area contributed by atoms with E-state index in [2.05, 4.69) is 9.97 Å². The van der Waals surface area contributed by atoms with Gasteiger partial charge in [-0.15, -0.1) is 0 Å². The van der Waals surface area contributed by atoms with Crippen LogP contribution in [0, 0.1) is 6.92 Å². The summed E-state index contributed by atoms with van der Waals surface area (Å²) in [5.74, 6) is -0.485. The second-order valence-corrected chi connectivity index (χ2v) is 4.77. The average molecular weight is 260 g/mol. The Bertz CT molecular complexity index is 583. The molecule has 0 spiro atoms. The molecule has 6 heteroatoms. The molecule has 1 aromatic heterocycles. The largest absolute Gasteiger partial charge is 0.398 e. The number of benzene rings is 1. The van der Waals surface area contributed by atoms with E-state index in [1.807, 2.05) is 6.92 Å². The molecule has 5 nitrogen and oxygen atoms in total. The van der Waals surface area contributed by atoms with Crippen molar-refractivity contribution in [3.05, 3.63) is 41.7 Å². The van der Waals surface area contributed by atoms with Gasteiger partial charge in [-0.2, -0.15) is 0 Å². The molecule has 18 heavy (non-hydrogen) atoms. The monoisotopic (exact) mass is 260 g/mol. The maximum absolute atomic E-state index is 11.1. The van der Waals surface area contributed by atoms with Crippen molar-refractivity contribution in [2.45, 2.75) is 17.0 Å². The van der Waals surface area contributed by atoms with E-state index < -0.39 is 5.91 Å². The molecule has 0 atom stereocenters. The number of rotatable bonds is 3. The van der Waals surface area contributed by atoms with Gasteiger partial charge >= 0.3 is 0 Å². The molecule has 1 aromatic carbocycles. The van der Waals surface area contributed by atoms with Crippen molar-refractivity contribution in [2.24, 2.45) is 5.73 Å². The average Bonchev–Trinajstić information content (AvgIpc) is 2.34. The number of nitrogens with two attached hydrogens (primary N) is 2. The van der Waals surface area contributed by atoms with E-state index in [0.717, 1.165) is 10.5 Å². The summed E-state index contributed by atoms with van der Waals surface area (Å²) in [6.45, 7) is 1.91. The number of aromatic nitrogens is 2. The zero-order valence-corrected chi connectivity index (χ0v) is 10.6. The first kappa shape index (κ1) is 12.4. The predicted octanol–water partition coefficient (Wildman–Crippen LogP) is 1.62. The molecular weight excluding hydrogens is 248 g/mol. The second-order valence-electron chi connectivity index (χ2n) is 3.76. The lowest BCUT2D eigenvalue weighted by Gasteiger charge is -2.05. The first-order chi connectivity index (χ1) is 8.56. The van der Waals surface area contributed by atoms with Gasteiger partial charge in [0.25, 0.3) is 0 Å². The summed E-state index contributed by atoms with van der Waals surface area (Å²) in [5, 5.41) is 0.578. The van der Waals surface area contributed by atoms with Gasteiger partial charge in [-0.1, -0.05) is 0 Å². The number of carbonyl (C=O) groups excluding carboxylic acids is 1. The zero-order valence-electron chi connectivity index (χ0n) is 9.75. The molecule has 0 unspecified atom stereocenters. The zero-order chi connectivity index (χ0) is 13.1. The van der Waals surface area contributed by atoms with Gasteiger partial charge in [-0.25, -0.2) is 9.97 Å². The molecule has 1 heterocycles. The van der Waals surface area contributed by atoms with Crippen LogP contribution in [0.1, 0.15) is 15.9 Å². The molecule has 1 amide bonds. The number of hydrogen-bond donors (Lipinski definition) is 2. The van der Waals surface area contributed by atoms with Crippen LogP contribution in [0.3, 0.4) is 0 Å². The smallest absolute Gasteiger partial charge is 0.248 e. The fourth-order valence-electron chi connectivity index (χ4n) is 1.31. The molecule has 0 aliphatic carbocycles. The van der Waals surface area contributed by atoms with Gasteiger partial charge in [0.15, 0.2) is 5.16 Å². The highest BCUT2D eigenvalue weighted by Crippen LogP contribution is 2.30.